The van der Waals surface area contributed by atoms with E-state index in [2.05, 4.69) is 15.6 Å². The summed E-state index contributed by atoms with van der Waals surface area (Å²) in [6, 6.07) is 7.03. The van der Waals surface area contributed by atoms with Gasteiger partial charge in [0.1, 0.15) is 5.82 Å². The summed E-state index contributed by atoms with van der Waals surface area (Å²) in [5.41, 5.74) is 1.21. The Labute approximate surface area is 164 Å². The number of rotatable bonds is 8. The van der Waals surface area contributed by atoms with Crippen molar-refractivity contribution in [3.8, 4) is 17.2 Å². The predicted octanol–water partition coefficient (Wildman–Crippen LogP) is 2.76. The summed E-state index contributed by atoms with van der Waals surface area (Å²) in [4.78, 5) is 16.5. The van der Waals surface area contributed by atoms with Crippen molar-refractivity contribution in [3.05, 3.63) is 36.0 Å². The molecule has 1 aromatic carbocycles. The maximum Gasteiger partial charge on any atom is 0.252 e. The molecule has 8 nitrogen and oxygen atoms in total. The summed E-state index contributed by atoms with van der Waals surface area (Å²) in [5.74, 6) is 2.01. The van der Waals surface area contributed by atoms with E-state index in [1.807, 2.05) is 0 Å². The average Bonchev–Trinajstić information content (AvgIpc) is 3.25. The third-order valence-corrected chi connectivity index (χ3v) is 4.48. The van der Waals surface area contributed by atoms with E-state index in [0.717, 1.165) is 25.1 Å². The molecule has 1 atom stereocenters. The predicted molar refractivity (Wildman–Crippen MR) is 105 cm³/mol. The zero-order valence-corrected chi connectivity index (χ0v) is 16.3. The Morgan fingerprint density at radius 3 is 2.46 bits per heavy atom. The highest BCUT2D eigenvalue weighted by Gasteiger charge is 2.17. The molecule has 0 radical (unpaired) electrons. The summed E-state index contributed by atoms with van der Waals surface area (Å²) >= 11 is 0. The SMILES string of the molecule is COc1cc(Nc2ccc(C(=O)NCC3CCCO3)cn2)cc(OC)c1OC. The molecule has 0 bridgehead atoms. The molecule has 2 N–H and O–H groups in total. The molecule has 1 amide bonds. The summed E-state index contributed by atoms with van der Waals surface area (Å²) in [6.07, 6.45) is 3.67. The second-order valence-corrected chi connectivity index (χ2v) is 6.32. The van der Waals surface area contributed by atoms with Crippen LogP contribution in [0.15, 0.2) is 30.5 Å². The summed E-state index contributed by atoms with van der Waals surface area (Å²) in [6.45, 7) is 1.29. The Morgan fingerprint density at radius 1 is 1.18 bits per heavy atom. The molecule has 8 heteroatoms. The minimum absolute atomic E-state index is 0.109. The number of methoxy groups -OCH3 is 3. The van der Waals surface area contributed by atoms with Crippen molar-refractivity contribution in [2.45, 2.75) is 18.9 Å². The number of pyridine rings is 1. The van der Waals surface area contributed by atoms with Crippen molar-refractivity contribution in [1.82, 2.24) is 10.3 Å². The molecule has 3 rings (SSSR count). The maximum absolute atomic E-state index is 12.2. The molecule has 2 heterocycles. The first kappa shape index (κ1) is 19.8. The Hall–Kier alpha value is -3.00. The Morgan fingerprint density at radius 2 is 1.93 bits per heavy atom. The van der Waals surface area contributed by atoms with Gasteiger partial charge in [0.2, 0.25) is 5.75 Å². The minimum Gasteiger partial charge on any atom is -0.493 e. The van der Waals surface area contributed by atoms with Gasteiger partial charge in [0, 0.05) is 37.2 Å². The van der Waals surface area contributed by atoms with Crippen molar-refractivity contribution in [2.24, 2.45) is 0 Å². The number of aromatic nitrogens is 1. The highest BCUT2D eigenvalue weighted by molar-refractivity contribution is 5.94. The minimum atomic E-state index is -0.165. The van der Waals surface area contributed by atoms with Gasteiger partial charge in [-0.1, -0.05) is 0 Å². The van der Waals surface area contributed by atoms with E-state index >= 15 is 0 Å². The molecule has 0 saturated carbocycles. The molecule has 0 aliphatic carbocycles. The van der Waals surface area contributed by atoms with Crippen molar-refractivity contribution in [1.29, 1.82) is 0 Å². The Balaban J connectivity index is 1.66. The smallest absolute Gasteiger partial charge is 0.252 e. The molecule has 1 aliphatic rings. The molecule has 1 aliphatic heterocycles. The van der Waals surface area contributed by atoms with Gasteiger partial charge in [-0.2, -0.15) is 0 Å². The second kappa shape index (κ2) is 9.27. The van der Waals surface area contributed by atoms with E-state index in [9.17, 15) is 4.79 Å². The number of hydrogen-bond acceptors (Lipinski definition) is 7. The van der Waals surface area contributed by atoms with Gasteiger partial charge in [-0.3, -0.25) is 4.79 Å². The van der Waals surface area contributed by atoms with E-state index < -0.39 is 0 Å². The summed E-state index contributed by atoms with van der Waals surface area (Å²) in [7, 11) is 4.67. The van der Waals surface area contributed by atoms with Crippen molar-refractivity contribution >= 4 is 17.4 Å². The van der Waals surface area contributed by atoms with Crippen molar-refractivity contribution < 1.29 is 23.7 Å². The van der Waals surface area contributed by atoms with Crippen molar-refractivity contribution in [3.63, 3.8) is 0 Å². The highest BCUT2D eigenvalue weighted by atomic mass is 16.5. The molecule has 28 heavy (non-hydrogen) atoms. The first-order valence-corrected chi connectivity index (χ1v) is 9.07. The van der Waals surface area contributed by atoms with Crippen LogP contribution in [0.25, 0.3) is 0 Å². The van der Waals surface area contributed by atoms with Crippen LogP contribution in [0.5, 0.6) is 17.2 Å². The van der Waals surface area contributed by atoms with E-state index in [1.54, 1.807) is 45.6 Å². The first-order valence-electron chi connectivity index (χ1n) is 9.07. The number of hydrogen-bond donors (Lipinski definition) is 2. The molecule has 1 fully saturated rings. The Kier molecular flexibility index (Phi) is 6.54. The van der Waals surface area contributed by atoms with Gasteiger partial charge in [0.15, 0.2) is 11.5 Å². The number of ether oxygens (including phenoxy) is 4. The fourth-order valence-electron chi connectivity index (χ4n) is 3.02. The number of anilines is 2. The molecule has 2 aromatic rings. The van der Waals surface area contributed by atoms with Crippen LogP contribution in [-0.2, 0) is 4.74 Å². The number of carbonyl (C=O) groups is 1. The van der Waals surface area contributed by atoms with E-state index in [-0.39, 0.29) is 12.0 Å². The normalized spacial score (nSPS) is 15.8. The molecule has 1 aromatic heterocycles. The molecule has 1 unspecified atom stereocenters. The summed E-state index contributed by atoms with van der Waals surface area (Å²) < 4.78 is 21.5. The average molecular weight is 387 g/mol. The number of nitrogens with zero attached hydrogens (tertiary/aromatic N) is 1. The Bertz CT molecular complexity index is 779. The molecular formula is C20H25N3O5. The lowest BCUT2D eigenvalue weighted by Crippen LogP contribution is -2.31. The number of amides is 1. The lowest BCUT2D eigenvalue weighted by atomic mass is 10.2. The van der Waals surface area contributed by atoms with Gasteiger partial charge in [-0.25, -0.2) is 4.98 Å². The number of benzene rings is 1. The molecular weight excluding hydrogens is 362 g/mol. The summed E-state index contributed by atoms with van der Waals surface area (Å²) in [5, 5.41) is 6.05. The third-order valence-electron chi connectivity index (χ3n) is 4.48. The standard InChI is InChI=1S/C20H25N3O5/c1-25-16-9-14(10-17(26-2)19(16)27-3)23-18-7-6-13(11-21-18)20(24)22-12-15-5-4-8-28-15/h6-7,9-11,15H,4-5,8,12H2,1-3H3,(H,21,23)(H,22,24). The van der Waals surface area contributed by atoms with E-state index in [0.29, 0.717) is 35.2 Å². The largest absolute Gasteiger partial charge is 0.493 e. The second-order valence-electron chi connectivity index (χ2n) is 6.32. The number of nitrogens with one attached hydrogen (secondary N) is 2. The van der Waals surface area contributed by atoms with Crippen LogP contribution in [0, 0.1) is 0 Å². The molecule has 1 saturated heterocycles. The lowest BCUT2D eigenvalue weighted by Gasteiger charge is -2.15. The maximum atomic E-state index is 12.2. The number of carbonyl (C=O) groups excluding carboxylic acids is 1. The fourth-order valence-corrected chi connectivity index (χ4v) is 3.02. The van der Waals surface area contributed by atoms with Gasteiger partial charge in [-0.05, 0) is 25.0 Å². The van der Waals surface area contributed by atoms with Gasteiger partial charge in [0.25, 0.3) is 5.91 Å². The molecule has 150 valence electrons. The van der Waals surface area contributed by atoms with Crippen LogP contribution >= 0.6 is 0 Å². The van der Waals surface area contributed by atoms with Crippen LogP contribution in [-0.4, -0.2) is 51.5 Å². The highest BCUT2D eigenvalue weighted by Crippen LogP contribution is 2.40. The third kappa shape index (κ3) is 4.64. The first-order chi connectivity index (χ1) is 13.6. The van der Waals surface area contributed by atoms with E-state index in [4.69, 9.17) is 18.9 Å². The van der Waals surface area contributed by atoms with Crippen molar-refractivity contribution in [2.75, 3.05) is 39.8 Å². The van der Waals surface area contributed by atoms with Gasteiger partial charge in [-0.15, -0.1) is 0 Å². The van der Waals surface area contributed by atoms with E-state index in [1.165, 1.54) is 6.20 Å². The monoisotopic (exact) mass is 387 g/mol. The van der Waals surface area contributed by atoms with Crippen LogP contribution < -0.4 is 24.8 Å². The van der Waals surface area contributed by atoms with Crippen LogP contribution in [0.4, 0.5) is 11.5 Å². The lowest BCUT2D eigenvalue weighted by molar-refractivity contribution is 0.0857. The van der Waals surface area contributed by atoms with Crippen LogP contribution in [0.1, 0.15) is 23.2 Å². The quantitative estimate of drug-likeness (QED) is 0.720. The molecule has 0 spiro atoms. The van der Waals surface area contributed by atoms with Gasteiger partial charge >= 0.3 is 0 Å². The van der Waals surface area contributed by atoms with Gasteiger partial charge < -0.3 is 29.6 Å². The zero-order valence-electron chi connectivity index (χ0n) is 16.3. The zero-order chi connectivity index (χ0) is 19.9. The van der Waals surface area contributed by atoms with Gasteiger partial charge in [0.05, 0.1) is 33.0 Å². The fraction of sp³-hybridized carbons (Fsp3) is 0.400. The van der Waals surface area contributed by atoms with Crippen LogP contribution in [0.3, 0.4) is 0 Å². The topological polar surface area (TPSA) is 90.9 Å². The van der Waals surface area contributed by atoms with Crippen LogP contribution in [0.2, 0.25) is 0 Å².